The van der Waals surface area contributed by atoms with Crippen LogP contribution in [0.25, 0.3) is 0 Å². The lowest BCUT2D eigenvalue weighted by atomic mass is 9.83. The molecule has 16 heavy (non-hydrogen) atoms. The van der Waals surface area contributed by atoms with Gasteiger partial charge in [-0.25, -0.2) is 4.98 Å². The van der Waals surface area contributed by atoms with E-state index in [-0.39, 0.29) is 0 Å². The van der Waals surface area contributed by atoms with E-state index in [1.54, 1.807) is 0 Å². The van der Waals surface area contributed by atoms with E-state index in [2.05, 4.69) is 21.8 Å². The molecule has 3 nitrogen and oxygen atoms in total. The molecule has 1 N–H and O–H groups in total. The van der Waals surface area contributed by atoms with Gasteiger partial charge in [0, 0.05) is 31.5 Å². The molecule has 0 saturated heterocycles. The molecule has 0 amide bonds. The number of hydrogen-bond acceptors (Lipinski definition) is 2. The van der Waals surface area contributed by atoms with Crippen molar-refractivity contribution < 1.29 is 0 Å². The van der Waals surface area contributed by atoms with Crippen LogP contribution in [0.15, 0.2) is 18.7 Å². The van der Waals surface area contributed by atoms with Gasteiger partial charge in [0.25, 0.3) is 0 Å². The predicted molar refractivity (Wildman–Crippen MR) is 66.3 cm³/mol. The summed E-state index contributed by atoms with van der Waals surface area (Å²) in [6, 6.07) is 0.752. The Hall–Kier alpha value is -0.830. The molecule has 3 heteroatoms. The van der Waals surface area contributed by atoms with Gasteiger partial charge >= 0.3 is 0 Å². The highest BCUT2D eigenvalue weighted by molar-refractivity contribution is 4.81. The minimum absolute atomic E-state index is 0.752. The van der Waals surface area contributed by atoms with Crippen LogP contribution in [-0.2, 0) is 6.54 Å². The molecule has 0 aliphatic heterocycles. The first kappa shape index (κ1) is 11.6. The van der Waals surface area contributed by atoms with Crippen molar-refractivity contribution in [3.63, 3.8) is 0 Å². The van der Waals surface area contributed by atoms with E-state index in [4.69, 9.17) is 0 Å². The monoisotopic (exact) mass is 221 g/mol. The SMILES string of the molecule is CCC1CCCCC1NCCn1ccnc1. The fourth-order valence-corrected chi connectivity index (χ4v) is 2.76. The standard InChI is InChI=1S/C13H23N3/c1-2-12-5-3-4-6-13(12)15-8-10-16-9-7-14-11-16/h7,9,11-13,15H,2-6,8,10H2,1H3. The maximum atomic E-state index is 4.05. The van der Waals surface area contributed by atoms with E-state index in [0.717, 1.165) is 25.0 Å². The molecule has 1 saturated carbocycles. The molecular formula is C13H23N3. The van der Waals surface area contributed by atoms with Crippen molar-refractivity contribution in [1.82, 2.24) is 14.9 Å². The van der Waals surface area contributed by atoms with E-state index >= 15 is 0 Å². The Kier molecular flexibility index (Phi) is 4.40. The second-order valence-electron chi connectivity index (χ2n) is 4.81. The van der Waals surface area contributed by atoms with Crippen molar-refractivity contribution in [2.45, 2.75) is 51.6 Å². The van der Waals surface area contributed by atoms with Gasteiger partial charge in [0.15, 0.2) is 0 Å². The fourth-order valence-electron chi connectivity index (χ4n) is 2.76. The molecule has 1 aliphatic carbocycles. The minimum atomic E-state index is 0.752. The zero-order valence-electron chi connectivity index (χ0n) is 10.2. The quantitative estimate of drug-likeness (QED) is 0.827. The normalized spacial score (nSPS) is 25.8. The third kappa shape index (κ3) is 3.08. The van der Waals surface area contributed by atoms with Gasteiger partial charge in [-0.05, 0) is 18.8 Å². The van der Waals surface area contributed by atoms with Gasteiger partial charge in [-0.3, -0.25) is 0 Å². The predicted octanol–water partition coefficient (Wildman–Crippen LogP) is 2.44. The molecule has 1 fully saturated rings. The number of nitrogens with one attached hydrogen (secondary N) is 1. The van der Waals surface area contributed by atoms with Crippen molar-refractivity contribution in [3.8, 4) is 0 Å². The van der Waals surface area contributed by atoms with Crippen LogP contribution in [0, 0.1) is 5.92 Å². The first-order chi connectivity index (χ1) is 7.90. The summed E-state index contributed by atoms with van der Waals surface area (Å²) >= 11 is 0. The summed E-state index contributed by atoms with van der Waals surface area (Å²) in [6.07, 6.45) is 12.7. The van der Waals surface area contributed by atoms with Crippen LogP contribution in [-0.4, -0.2) is 22.1 Å². The lowest BCUT2D eigenvalue weighted by Crippen LogP contribution is -2.39. The zero-order chi connectivity index (χ0) is 11.2. The smallest absolute Gasteiger partial charge is 0.0946 e. The molecule has 0 bridgehead atoms. The minimum Gasteiger partial charge on any atom is -0.336 e. The number of rotatable bonds is 5. The average molecular weight is 221 g/mol. The highest BCUT2D eigenvalue weighted by Crippen LogP contribution is 2.26. The Labute approximate surface area is 98.3 Å². The van der Waals surface area contributed by atoms with Crippen molar-refractivity contribution in [2.24, 2.45) is 5.92 Å². The van der Waals surface area contributed by atoms with Crippen molar-refractivity contribution >= 4 is 0 Å². The molecule has 1 aromatic rings. The number of hydrogen-bond donors (Lipinski definition) is 1. The lowest BCUT2D eigenvalue weighted by molar-refractivity contribution is 0.254. The molecule has 0 aromatic carbocycles. The van der Waals surface area contributed by atoms with Crippen LogP contribution >= 0.6 is 0 Å². The van der Waals surface area contributed by atoms with Gasteiger partial charge in [0.2, 0.25) is 0 Å². The van der Waals surface area contributed by atoms with Gasteiger partial charge in [-0.15, -0.1) is 0 Å². The number of nitrogens with zero attached hydrogens (tertiary/aromatic N) is 2. The summed E-state index contributed by atoms with van der Waals surface area (Å²) in [5.74, 6) is 0.900. The molecule has 1 heterocycles. The molecule has 0 radical (unpaired) electrons. The Morgan fingerprint density at radius 3 is 3.00 bits per heavy atom. The first-order valence-corrected chi connectivity index (χ1v) is 6.59. The van der Waals surface area contributed by atoms with Crippen LogP contribution in [0.1, 0.15) is 39.0 Å². The first-order valence-electron chi connectivity index (χ1n) is 6.59. The Balaban J connectivity index is 1.71. The highest BCUT2D eigenvalue weighted by Gasteiger charge is 2.22. The second-order valence-corrected chi connectivity index (χ2v) is 4.81. The van der Waals surface area contributed by atoms with Crippen molar-refractivity contribution in [3.05, 3.63) is 18.7 Å². The van der Waals surface area contributed by atoms with E-state index < -0.39 is 0 Å². The maximum absolute atomic E-state index is 4.05. The number of aromatic nitrogens is 2. The van der Waals surface area contributed by atoms with Crippen LogP contribution in [0.5, 0.6) is 0 Å². The molecule has 2 unspecified atom stereocenters. The molecule has 1 aliphatic rings. The van der Waals surface area contributed by atoms with E-state index in [1.807, 2.05) is 18.7 Å². The summed E-state index contributed by atoms with van der Waals surface area (Å²) in [5, 5.41) is 3.71. The van der Waals surface area contributed by atoms with Crippen molar-refractivity contribution in [2.75, 3.05) is 6.54 Å². The van der Waals surface area contributed by atoms with Crippen molar-refractivity contribution in [1.29, 1.82) is 0 Å². The van der Waals surface area contributed by atoms with Gasteiger partial charge in [-0.2, -0.15) is 0 Å². The molecular weight excluding hydrogens is 198 g/mol. The van der Waals surface area contributed by atoms with E-state index in [0.29, 0.717) is 0 Å². The summed E-state index contributed by atoms with van der Waals surface area (Å²) in [5.41, 5.74) is 0. The summed E-state index contributed by atoms with van der Waals surface area (Å²) in [6.45, 7) is 4.42. The Morgan fingerprint density at radius 2 is 2.25 bits per heavy atom. The highest BCUT2D eigenvalue weighted by atomic mass is 15.0. The zero-order valence-corrected chi connectivity index (χ0v) is 10.2. The average Bonchev–Trinajstić information content (AvgIpc) is 2.83. The lowest BCUT2D eigenvalue weighted by Gasteiger charge is -2.31. The third-order valence-electron chi connectivity index (χ3n) is 3.77. The summed E-state index contributed by atoms with van der Waals surface area (Å²) < 4.78 is 2.14. The fraction of sp³-hybridized carbons (Fsp3) is 0.769. The molecule has 2 rings (SSSR count). The molecule has 2 atom stereocenters. The van der Waals surface area contributed by atoms with Gasteiger partial charge in [0.05, 0.1) is 6.33 Å². The van der Waals surface area contributed by atoms with Crippen LogP contribution < -0.4 is 5.32 Å². The molecule has 1 aromatic heterocycles. The second kappa shape index (κ2) is 6.04. The van der Waals surface area contributed by atoms with Gasteiger partial charge < -0.3 is 9.88 Å². The number of imidazole rings is 1. The Morgan fingerprint density at radius 1 is 1.38 bits per heavy atom. The van der Waals surface area contributed by atoms with Crippen LogP contribution in [0.3, 0.4) is 0 Å². The van der Waals surface area contributed by atoms with E-state index in [9.17, 15) is 0 Å². The maximum Gasteiger partial charge on any atom is 0.0946 e. The third-order valence-corrected chi connectivity index (χ3v) is 3.77. The largest absolute Gasteiger partial charge is 0.336 e. The van der Waals surface area contributed by atoms with E-state index in [1.165, 1.54) is 32.1 Å². The Bertz CT molecular complexity index is 281. The van der Waals surface area contributed by atoms with Gasteiger partial charge in [-0.1, -0.05) is 26.2 Å². The van der Waals surface area contributed by atoms with Gasteiger partial charge in [0.1, 0.15) is 0 Å². The summed E-state index contributed by atoms with van der Waals surface area (Å²) in [4.78, 5) is 4.05. The molecule has 0 spiro atoms. The van der Waals surface area contributed by atoms with Crippen LogP contribution in [0.2, 0.25) is 0 Å². The topological polar surface area (TPSA) is 29.9 Å². The molecule has 90 valence electrons. The summed E-state index contributed by atoms with van der Waals surface area (Å²) in [7, 11) is 0. The van der Waals surface area contributed by atoms with Crippen LogP contribution in [0.4, 0.5) is 0 Å².